The van der Waals surface area contributed by atoms with Gasteiger partial charge in [-0.1, -0.05) is 24.3 Å². The van der Waals surface area contributed by atoms with Crippen molar-refractivity contribution >= 4 is 34.0 Å². The van der Waals surface area contributed by atoms with Crippen LogP contribution in [-0.2, 0) is 4.74 Å². The molecule has 1 amide bonds. The molecule has 0 radical (unpaired) electrons. The monoisotopic (exact) mass is 557 g/mol. The van der Waals surface area contributed by atoms with Crippen LogP contribution in [0, 0.1) is 11.7 Å². The number of aliphatic hydroxyl groups excluding tert-OH is 1. The average Bonchev–Trinajstić information content (AvgIpc) is 3.02. The third kappa shape index (κ3) is 6.08. The molecule has 10 heteroatoms. The number of benzene rings is 3. The fourth-order valence-corrected chi connectivity index (χ4v) is 5.34. The maximum Gasteiger partial charge on any atom is 0.255 e. The van der Waals surface area contributed by atoms with Crippen LogP contribution in [0.15, 0.2) is 66.9 Å². The number of ether oxygens (including phenoxy) is 2. The topological polar surface area (TPSA) is 100 Å². The third-order valence-electron chi connectivity index (χ3n) is 7.64. The van der Waals surface area contributed by atoms with Gasteiger partial charge in [-0.3, -0.25) is 4.79 Å². The van der Waals surface area contributed by atoms with Gasteiger partial charge in [-0.05, 0) is 49.1 Å². The van der Waals surface area contributed by atoms with E-state index in [9.17, 15) is 14.3 Å². The number of aliphatic hydroxyl groups is 1. The molecule has 2 aliphatic rings. The van der Waals surface area contributed by atoms with Gasteiger partial charge >= 0.3 is 0 Å². The summed E-state index contributed by atoms with van der Waals surface area (Å²) in [5.74, 6) is 1.06. The van der Waals surface area contributed by atoms with Crippen molar-refractivity contribution in [2.24, 2.45) is 5.92 Å². The number of amides is 1. The highest BCUT2D eigenvalue weighted by Crippen LogP contribution is 2.35. The summed E-state index contributed by atoms with van der Waals surface area (Å²) in [4.78, 5) is 26.4. The summed E-state index contributed by atoms with van der Waals surface area (Å²) in [5, 5.41) is 14.0. The minimum atomic E-state index is -0.463. The zero-order valence-corrected chi connectivity index (χ0v) is 22.6. The Hall–Kier alpha value is -4.28. The summed E-state index contributed by atoms with van der Waals surface area (Å²) in [6.07, 6.45) is 3.47. The SMILES string of the molecule is O=C(Nc1ccc(Oc2ccnc(N3CCC(CO)CC3)n2)c2ccccc12)c1cc(F)cc(N2CCOCC2)c1. The highest BCUT2D eigenvalue weighted by molar-refractivity contribution is 6.10. The normalized spacial score (nSPS) is 16.1. The van der Waals surface area contributed by atoms with E-state index >= 15 is 0 Å². The average molecular weight is 558 g/mol. The summed E-state index contributed by atoms with van der Waals surface area (Å²) >= 11 is 0. The number of piperidine rings is 1. The predicted molar refractivity (Wildman–Crippen MR) is 155 cm³/mol. The van der Waals surface area contributed by atoms with Gasteiger partial charge in [0.25, 0.3) is 5.91 Å². The van der Waals surface area contributed by atoms with Crippen molar-refractivity contribution in [2.75, 3.05) is 61.1 Å². The maximum atomic E-state index is 14.5. The van der Waals surface area contributed by atoms with Crippen molar-refractivity contribution in [3.63, 3.8) is 0 Å². The minimum absolute atomic E-state index is 0.207. The summed E-state index contributed by atoms with van der Waals surface area (Å²) in [7, 11) is 0. The molecule has 2 saturated heterocycles. The first-order valence-electron chi connectivity index (χ1n) is 13.9. The molecule has 2 fully saturated rings. The molecule has 0 bridgehead atoms. The Morgan fingerprint density at radius 1 is 1.00 bits per heavy atom. The molecule has 0 unspecified atom stereocenters. The lowest BCUT2D eigenvalue weighted by atomic mass is 9.98. The Morgan fingerprint density at radius 3 is 2.56 bits per heavy atom. The number of nitrogens with one attached hydrogen (secondary N) is 1. The Morgan fingerprint density at radius 2 is 1.78 bits per heavy atom. The lowest BCUT2D eigenvalue weighted by molar-refractivity contribution is 0.102. The Labute approximate surface area is 237 Å². The smallest absolute Gasteiger partial charge is 0.255 e. The molecular weight excluding hydrogens is 525 g/mol. The van der Waals surface area contributed by atoms with E-state index < -0.39 is 11.7 Å². The number of fused-ring (bicyclic) bond motifs is 1. The number of carbonyl (C=O) groups is 1. The van der Waals surface area contributed by atoms with Gasteiger partial charge in [-0.2, -0.15) is 4.98 Å². The number of anilines is 3. The van der Waals surface area contributed by atoms with Crippen LogP contribution in [0.1, 0.15) is 23.2 Å². The number of hydrogen-bond donors (Lipinski definition) is 2. The molecule has 3 aromatic carbocycles. The van der Waals surface area contributed by atoms with Crippen molar-refractivity contribution in [3.05, 3.63) is 78.2 Å². The van der Waals surface area contributed by atoms with Gasteiger partial charge in [0.2, 0.25) is 11.8 Å². The summed E-state index contributed by atoms with van der Waals surface area (Å²) < 4.78 is 26.1. The lowest BCUT2D eigenvalue weighted by Gasteiger charge is -2.31. The molecule has 2 aliphatic heterocycles. The largest absolute Gasteiger partial charge is 0.438 e. The second-order valence-corrected chi connectivity index (χ2v) is 10.3. The quantitative estimate of drug-likeness (QED) is 0.333. The molecule has 4 aromatic rings. The van der Waals surface area contributed by atoms with Gasteiger partial charge < -0.3 is 29.7 Å². The lowest BCUT2D eigenvalue weighted by Crippen LogP contribution is -2.36. The standard InChI is InChI=1S/C31H32FN5O4/c32-23-17-22(18-24(19-23)36-13-15-40-16-14-36)30(39)34-27-5-6-28(26-4-2-1-3-25(26)27)41-29-7-10-33-31(35-29)37-11-8-21(20-38)9-12-37/h1-7,10,17-19,21,38H,8-9,11-16,20H2,(H,34,39). The van der Waals surface area contributed by atoms with Gasteiger partial charge in [-0.25, -0.2) is 9.37 Å². The Kier molecular flexibility index (Phi) is 7.93. The van der Waals surface area contributed by atoms with E-state index in [0.29, 0.717) is 61.2 Å². The summed E-state index contributed by atoms with van der Waals surface area (Å²) in [5.41, 5.74) is 1.49. The number of nitrogens with zero attached hydrogens (tertiary/aromatic N) is 4. The number of carbonyl (C=O) groups excluding carboxylic acids is 1. The fourth-order valence-electron chi connectivity index (χ4n) is 5.34. The van der Waals surface area contributed by atoms with Crippen molar-refractivity contribution < 1.29 is 23.8 Å². The van der Waals surface area contributed by atoms with E-state index in [4.69, 9.17) is 9.47 Å². The fraction of sp³-hybridized carbons (Fsp3) is 0.323. The van der Waals surface area contributed by atoms with Crippen LogP contribution in [0.25, 0.3) is 10.8 Å². The van der Waals surface area contributed by atoms with Gasteiger partial charge in [0.1, 0.15) is 11.6 Å². The molecule has 3 heterocycles. The van der Waals surface area contributed by atoms with Crippen LogP contribution in [0.3, 0.4) is 0 Å². The van der Waals surface area contributed by atoms with Crippen LogP contribution in [0.5, 0.6) is 11.6 Å². The third-order valence-corrected chi connectivity index (χ3v) is 7.64. The first kappa shape index (κ1) is 26.9. The molecule has 9 nitrogen and oxygen atoms in total. The Bertz CT molecular complexity index is 1540. The van der Waals surface area contributed by atoms with Crippen LogP contribution >= 0.6 is 0 Å². The van der Waals surface area contributed by atoms with Crippen LogP contribution in [0.2, 0.25) is 0 Å². The molecule has 2 N–H and O–H groups in total. The number of rotatable bonds is 7. The molecule has 1 aromatic heterocycles. The van der Waals surface area contributed by atoms with Crippen molar-refractivity contribution in [2.45, 2.75) is 12.8 Å². The van der Waals surface area contributed by atoms with E-state index in [1.807, 2.05) is 29.2 Å². The Balaban J connectivity index is 1.22. The first-order valence-corrected chi connectivity index (χ1v) is 13.9. The molecular formula is C31H32FN5O4. The summed E-state index contributed by atoms with van der Waals surface area (Å²) in [6, 6.07) is 17.3. The van der Waals surface area contributed by atoms with E-state index in [0.717, 1.165) is 36.7 Å². The second kappa shape index (κ2) is 12.1. The molecule has 0 spiro atoms. The molecule has 41 heavy (non-hydrogen) atoms. The maximum absolute atomic E-state index is 14.5. The van der Waals surface area contributed by atoms with Crippen molar-refractivity contribution in [1.82, 2.24) is 9.97 Å². The van der Waals surface area contributed by atoms with Crippen molar-refractivity contribution in [1.29, 1.82) is 0 Å². The van der Waals surface area contributed by atoms with E-state index in [2.05, 4.69) is 20.2 Å². The zero-order chi connectivity index (χ0) is 28.2. The van der Waals surface area contributed by atoms with Gasteiger partial charge in [0, 0.05) is 72.8 Å². The second-order valence-electron chi connectivity index (χ2n) is 10.3. The molecule has 6 rings (SSSR count). The molecule has 0 saturated carbocycles. The van der Waals surface area contributed by atoms with Crippen molar-refractivity contribution in [3.8, 4) is 11.6 Å². The highest BCUT2D eigenvalue weighted by Gasteiger charge is 2.21. The molecule has 0 atom stereocenters. The van der Waals surface area contributed by atoms with E-state index in [1.54, 1.807) is 30.5 Å². The van der Waals surface area contributed by atoms with Crippen LogP contribution < -0.4 is 19.9 Å². The summed E-state index contributed by atoms with van der Waals surface area (Å²) in [6.45, 7) is 4.20. The number of hydrogen-bond acceptors (Lipinski definition) is 8. The van der Waals surface area contributed by atoms with Crippen LogP contribution in [-0.4, -0.2) is 67.0 Å². The highest BCUT2D eigenvalue weighted by atomic mass is 19.1. The number of morpholine rings is 1. The predicted octanol–water partition coefficient (Wildman–Crippen LogP) is 4.86. The zero-order valence-electron chi connectivity index (χ0n) is 22.6. The first-order chi connectivity index (χ1) is 20.1. The number of aromatic nitrogens is 2. The van der Waals surface area contributed by atoms with Gasteiger partial charge in [0.15, 0.2) is 0 Å². The van der Waals surface area contributed by atoms with E-state index in [1.165, 1.54) is 12.1 Å². The minimum Gasteiger partial charge on any atom is -0.438 e. The number of halogens is 1. The van der Waals surface area contributed by atoms with Gasteiger partial charge in [0.05, 0.1) is 13.2 Å². The molecule has 212 valence electrons. The molecule has 0 aliphatic carbocycles. The van der Waals surface area contributed by atoms with Gasteiger partial charge in [-0.15, -0.1) is 0 Å². The van der Waals surface area contributed by atoms with Crippen LogP contribution in [0.4, 0.5) is 21.7 Å². The van der Waals surface area contributed by atoms with E-state index in [-0.39, 0.29) is 12.2 Å².